The average Bonchev–Trinajstić information content (AvgIpc) is 2.68. The smallest absolute Gasteiger partial charge is 0.106 e. The van der Waals surface area contributed by atoms with Gasteiger partial charge >= 0.3 is 0 Å². The highest BCUT2D eigenvalue weighted by Gasteiger charge is 2.23. The predicted molar refractivity (Wildman–Crippen MR) is 104 cm³/mol. The monoisotopic (exact) mass is 338 g/mol. The van der Waals surface area contributed by atoms with E-state index in [9.17, 15) is 0 Å². The molecule has 2 aromatic rings. The lowest BCUT2D eigenvalue weighted by molar-refractivity contribution is -0.137. The maximum absolute atomic E-state index is 6.04. The van der Waals surface area contributed by atoms with Crippen LogP contribution < -0.4 is 0 Å². The highest BCUT2D eigenvalue weighted by atomic mass is 16.6. The first-order valence-electron chi connectivity index (χ1n) is 9.72. The molecule has 0 aromatic heterocycles. The third-order valence-corrected chi connectivity index (χ3v) is 4.95. The predicted octanol–water partition coefficient (Wildman–Crippen LogP) is 5.95. The van der Waals surface area contributed by atoms with Gasteiger partial charge in [-0.25, -0.2) is 0 Å². The van der Waals surface area contributed by atoms with E-state index in [4.69, 9.17) is 9.47 Å². The van der Waals surface area contributed by atoms with E-state index in [2.05, 4.69) is 62.4 Å². The molecule has 3 rings (SSSR count). The van der Waals surface area contributed by atoms with Crippen molar-refractivity contribution in [2.45, 2.75) is 58.2 Å². The Hall–Kier alpha value is -1.64. The lowest BCUT2D eigenvalue weighted by Gasteiger charge is -2.30. The number of hydrogen-bond acceptors (Lipinski definition) is 2. The molecule has 0 aliphatic carbocycles. The summed E-state index contributed by atoms with van der Waals surface area (Å²) in [6, 6.07) is 17.7. The van der Waals surface area contributed by atoms with E-state index < -0.39 is 0 Å². The van der Waals surface area contributed by atoms with E-state index in [0.717, 1.165) is 12.8 Å². The summed E-state index contributed by atoms with van der Waals surface area (Å²) in [6.07, 6.45) is 6.22. The Balaban J connectivity index is 1.59. The van der Waals surface area contributed by atoms with Gasteiger partial charge in [0.15, 0.2) is 0 Å². The lowest BCUT2D eigenvalue weighted by Crippen LogP contribution is -2.31. The summed E-state index contributed by atoms with van der Waals surface area (Å²) in [5.41, 5.74) is 5.14. The van der Waals surface area contributed by atoms with Gasteiger partial charge in [0.05, 0.1) is 19.3 Å². The molecular formula is C23H30O2. The fraction of sp³-hybridized carbons (Fsp3) is 0.478. The number of rotatable bonds is 7. The second-order valence-electron chi connectivity index (χ2n) is 6.99. The van der Waals surface area contributed by atoms with Gasteiger partial charge in [-0.3, -0.25) is 0 Å². The van der Waals surface area contributed by atoms with Crippen LogP contribution in [0.1, 0.15) is 56.8 Å². The Morgan fingerprint density at radius 3 is 2.04 bits per heavy atom. The molecule has 2 aromatic carbocycles. The minimum absolute atomic E-state index is 0.0684. The van der Waals surface area contributed by atoms with E-state index >= 15 is 0 Å². The van der Waals surface area contributed by atoms with Crippen molar-refractivity contribution >= 4 is 0 Å². The summed E-state index contributed by atoms with van der Waals surface area (Å²) in [5.74, 6) is 0. The van der Waals surface area contributed by atoms with E-state index in [1.807, 2.05) is 0 Å². The Morgan fingerprint density at radius 2 is 1.48 bits per heavy atom. The molecule has 134 valence electrons. The summed E-state index contributed by atoms with van der Waals surface area (Å²) in [6.45, 7) is 5.81. The number of benzene rings is 2. The van der Waals surface area contributed by atoms with E-state index in [-0.39, 0.29) is 12.2 Å². The van der Waals surface area contributed by atoms with Crippen LogP contribution in [0.2, 0.25) is 0 Å². The van der Waals surface area contributed by atoms with Gasteiger partial charge in [-0.15, -0.1) is 0 Å². The van der Waals surface area contributed by atoms with Gasteiger partial charge in [0, 0.05) is 0 Å². The Kier molecular flexibility index (Phi) is 6.66. The summed E-state index contributed by atoms with van der Waals surface area (Å²) in [4.78, 5) is 0. The molecule has 2 heteroatoms. The quantitative estimate of drug-likeness (QED) is 0.621. The third kappa shape index (κ3) is 4.93. The summed E-state index contributed by atoms with van der Waals surface area (Å²) in [5, 5.41) is 0. The summed E-state index contributed by atoms with van der Waals surface area (Å²) in [7, 11) is 0. The molecule has 0 amide bonds. The van der Waals surface area contributed by atoms with Gasteiger partial charge in [-0.2, -0.15) is 0 Å². The number of hydrogen-bond donors (Lipinski definition) is 0. The first-order chi connectivity index (χ1) is 12.3. The molecule has 0 N–H and O–H groups in total. The van der Waals surface area contributed by atoms with Gasteiger partial charge in [-0.05, 0) is 35.1 Å². The van der Waals surface area contributed by atoms with Crippen LogP contribution in [-0.2, 0) is 15.9 Å². The molecule has 2 nitrogen and oxygen atoms in total. The largest absolute Gasteiger partial charge is 0.373 e. The molecule has 0 saturated carbocycles. The topological polar surface area (TPSA) is 18.5 Å². The van der Waals surface area contributed by atoms with Crippen molar-refractivity contribution in [3.8, 4) is 11.1 Å². The van der Waals surface area contributed by atoms with Crippen LogP contribution in [0.5, 0.6) is 0 Å². The molecule has 0 bridgehead atoms. The highest BCUT2D eigenvalue weighted by Crippen LogP contribution is 2.27. The normalized spacial score (nSPS) is 20.6. The fourth-order valence-electron chi connectivity index (χ4n) is 3.38. The van der Waals surface area contributed by atoms with Gasteiger partial charge in [-0.1, -0.05) is 81.6 Å². The molecule has 25 heavy (non-hydrogen) atoms. The van der Waals surface area contributed by atoms with Crippen LogP contribution >= 0.6 is 0 Å². The minimum Gasteiger partial charge on any atom is -0.373 e. The fourth-order valence-corrected chi connectivity index (χ4v) is 3.38. The number of unbranched alkanes of at least 4 members (excludes halogenated alkanes) is 1. The minimum atomic E-state index is 0.0684. The van der Waals surface area contributed by atoms with Gasteiger partial charge in [0.25, 0.3) is 0 Å². The Morgan fingerprint density at radius 1 is 0.800 bits per heavy atom. The maximum atomic E-state index is 6.04. The van der Waals surface area contributed by atoms with Crippen LogP contribution in [0.3, 0.4) is 0 Å². The maximum Gasteiger partial charge on any atom is 0.106 e. The van der Waals surface area contributed by atoms with Crippen molar-refractivity contribution in [1.29, 1.82) is 0 Å². The Labute approximate surface area is 152 Å². The second-order valence-corrected chi connectivity index (χ2v) is 6.99. The molecule has 2 atom stereocenters. The highest BCUT2D eigenvalue weighted by molar-refractivity contribution is 5.64. The molecule has 1 heterocycles. The van der Waals surface area contributed by atoms with Crippen molar-refractivity contribution in [3.63, 3.8) is 0 Å². The third-order valence-electron chi connectivity index (χ3n) is 4.95. The van der Waals surface area contributed by atoms with Crippen LogP contribution in [0, 0.1) is 0 Å². The molecular weight excluding hydrogens is 308 g/mol. The standard InChI is InChI=1S/C23H30O2/c1-3-5-7-22-16-25-23(17-24-22)21-14-12-20(13-15-21)19-10-8-18(6-4-2)9-11-19/h8-15,22-23H,3-7,16-17H2,1-2H3. The zero-order valence-corrected chi connectivity index (χ0v) is 15.5. The first-order valence-corrected chi connectivity index (χ1v) is 9.72. The van der Waals surface area contributed by atoms with Crippen molar-refractivity contribution in [2.24, 2.45) is 0 Å². The SMILES string of the molecule is CCCCC1COC(c2ccc(-c3ccc(CCC)cc3)cc2)CO1. The van der Waals surface area contributed by atoms with Gasteiger partial charge < -0.3 is 9.47 Å². The van der Waals surface area contributed by atoms with Crippen LogP contribution in [0.25, 0.3) is 11.1 Å². The van der Waals surface area contributed by atoms with Crippen molar-refractivity contribution in [3.05, 3.63) is 59.7 Å². The molecule has 1 saturated heterocycles. The zero-order chi connectivity index (χ0) is 17.5. The molecule has 1 aliphatic heterocycles. The van der Waals surface area contributed by atoms with Gasteiger partial charge in [0.1, 0.15) is 6.10 Å². The average molecular weight is 338 g/mol. The molecule has 2 unspecified atom stereocenters. The number of aryl methyl sites for hydroxylation is 1. The molecule has 1 aliphatic rings. The van der Waals surface area contributed by atoms with Crippen LogP contribution in [0.15, 0.2) is 48.5 Å². The molecule has 1 fully saturated rings. The van der Waals surface area contributed by atoms with E-state index in [1.165, 1.54) is 41.5 Å². The molecule has 0 radical (unpaired) electrons. The van der Waals surface area contributed by atoms with Crippen molar-refractivity contribution < 1.29 is 9.47 Å². The van der Waals surface area contributed by atoms with E-state index in [0.29, 0.717) is 13.2 Å². The summed E-state index contributed by atoms with van der Waals surface area (Å²) < 4.78 is 12.0. The second kappa shape index (κ2) is 9.17. The van der Waals surface area contributed by atoms with Crippen molar-refractivity contribution in [2.75, 3.05) is 13.2 Å². The van der Waals surface area contributed by atoms with E-state index in [1.54, 1.807) is 0 Å². The first kappa shape index (κ1) is 18.2. The van der Waals surface area contributed by atoms with Crippen LogP contribution in [0.4, 0.5) is 0 Å². The van der Waals surface area contributed by atoms with Crippen LogP contribution in [-0.4, -0.2) is 19.3 Å². The lowest BCUT2D eigenvalue weighted by atomic mass is 9.99. The zero-order valence-electron chi connectivity index (χ0n) is 15.5. The summed E-state index contributed by atoms with van der Waals surface area (Å²) >= 11 is 0. The Bertz CT molecular complexity index is 622. The van der Waals surface area contributed by atoms with Gasteiger partial charge in [0.2, 0.25) is 0 Å². The van der Waals surface area contributed by atoms with Crippen molar-refractivity contribution in [1.82, 2.24) is 0 Å². The number of ether oxygens (including phenoxy) is 2. The molecule has 0 spiro atoms.